The van der Waals surface area contributed by atoms with E-state index in [0.717, 1.165) is 24.1 Å². The molecular formula is C29H35N3O2. The van der Waals surface area contributed by atoms with Gasteiger partial charge in [-0.3, -0.25) is 19.6 Å². The van der Waals surface area contributed by atoms with Crippen molar-refractivity contribution < 1.29 is 9.59 Å². The lowest BCUT2D eigenvalue weighted by molar-refractivity contribution is -0.123. The fraction of sp³-hybridized carbons (Fsp3) is 0.483. The number of fused-ring (bicyclic) bond motifs is 1. The minimum atomic E-state index is -0.342. The molecule has 1 aromatic heterocycles. The maximum absolute atomic E-state index is 12.4. The number of urea groups is 1. The molecule has 2 fully saturated rings. The van der Waals surface area contributed by atoms with Crippen LogP contribution in [0, 0.1) is 6.92 Å². The first-order chi connectivity index (χ1) is 15.9. The van der Waals surface area contributed by atoms with E-state index in [4.69, 9.17) is 4.98 Å². The van der Waals surface area contributed by atoms with Crippen molar-refractivity contribution in [1.82, 2.24) is 14.8 Å². The number of aromatic nitrogens is 1. The Morgan fingerprint density at radius 1 is 0.941 bits per heavy atom. The van der Waals surface area contributed by atoms with Gasteiger partial charge in [-0.1, -0.05) is 52.5 Å². The number of benzene rings is 1. The minimum absolute atomic E-state index is 0.0386. The Balaban J connectivity index is 1.46. The van der Waals surface area contributed by atoms with E-state index in [0.29, 0.717) is 0 Å². The summed E-state index contributed by atoms with van der Waals surface area (Å²) in [7, 11) is 1.57. The van der Waals surface area contributed by atoms with Crippen LogP contribution in [0.2, 0.25) is 0 Å². The molecule has 1 aromatic carbocycles. The molecule has 178 valence electrons. The summed E-state index contributed by atoms with van der Waals surface area (Å²) in [5, 5.41) is 0. The summed E-state index contributed by atoms with van der Waals surface area (Å²) in [5.74, 6) is -0.342. The zero-order valence-corrected chi connectivity index (χ0v) is 21.3. The van der Waals surface area contributed by atoms with E-state index in [1.54, 1.807) is 7.05 Å². The lowest BCUT2D eigenvalue weighted by atomic mass is 9.62. The number of hydrogen-bond donors (Lipinski definition) is 0. The number of nitrogens with zero attached hydrogens (tertiary/aromatic N) is 3. The number of pyridine rings is 1. The summed E-state index contributed by atoms with van der Waals surface area (Å²) in [6.45, 7) is 15.7. The van der Waals surface area contributed by atoms with Gasteiger partial charge in [0.2, 0.25) is 0 Å². The van der Waals surface area contributed by atoms with Crippen molar-refractivity contribution in [3.8, 4) is 0 Å². The van der Waals surface area contributed by atoms with Gasteiger partial charge in [-0.05, 0) is 77.3 Å². The van der Waals surface area contributed by atoms with Crippen molar-refractivity contribution in [2.24, 2.45) is 0 Å². The Morgan fingerprint density at radius 2 is 1.56 bits per heavy atom. The van der Waals surface area contributed by atoms with E-state index < -0.39 is 0 Å². The topological polar surface area (TPSA) is 53.5 Å². The molecule has 34 heavy (non-hydrogen) atoms. The molecule has 0 atom stereocenters. The van der Waals surface area contributed by atoms with Gasteiger partial charge in [0.1, 0.15) is 5.70 Å². The van der Waals surface area contributed by atoms with Crippen molar-refractivity contribution in [2.75, 3.05) is 7.05 Å². The van der Waals surface area contributed by atoms with Crippen LogP contribution in [-0.2, 0) is 27.6 Å². The largest absolute Gasteiger partial charge is 0.331 e. The van der Waals surface area contributed by atoms with Crippen molar-refractivity contribution in [2.45, 2.75) is 83.1 Å². The Kier molecular flexibility index (Phi) is 4.88. The summed E-state index contributed by atoms with van der Waals surface area (Å²) in [4.78, 5) is 32.1. The van der Waals surface area contributed by atoms with Crippen LogP contribution in [0.4, 0.5) is 4.79 Å². The van der Waals surface area contributed by atoms with Crippen molar-refractivity contribution in [3.05, 3.63) is 76.2 Å². The predicted molar refractivity (Wildman–Crippen MR) is 134 cm³/mol. The highest BCUT2D eigenvalue weighted by molar-refractivity contribution is 6.11. The molecule has 1 saturated carbocycles. The summed E-state index contributed by atoms with van der Waals surface area (Å²) < 4.78 is 0. The first-order valence-electron chi connectivity index (χ1n) is 12.3. The van der Waals surface area contributed by atoms with Crippen LogP contribution in [0.1, 0.15) is 86.9 Å². The maximum atomic E-state index is 12.4. The molecule has 2 aromatic rings. The normalized spacial score (nSPS) is 22.2. The summed E-state index contributed by atoms with van der Waals surface area (Å²) in [6, 6.07) is 8.67. The molecule has 0 bridgehead atoms. The number of rotatable bonds is 4. The fourth-order valence-corrected chi connectivity index (χ4v) is 5.83. The first-order valence-corrected chi connectivity index (χ1v) is 12.3. The molecule has 2 aliphatic carbocycles. The monoisotopic (exact) mass is 457 g/mol. The Hall–Kier alpha value is -2.95. The zero-order chi connectivity index (χ0) is 24.6. The second kappa shape index (κ2) is 7.27. The van der Waals surface area contributed by atoms with Gasteiger partial charge in [0.15, 0.2) is 0 Å². The van der Waals surface area contributed by atoms with Crippen LogP contribution in [-0.4, -0.2) is 33.8 Å². The molecule has 0 N–H and O–H groups in total. The lowest BCUT2D eigenvalue weighted by Crippen LogP contribution is -2.34. The van der Waals surface area contributed by atoms with Gasteiger partial charge in [-0.15, -0.1) is 0 Å². The fourth-order valence-electron chi connectivity index (χ4n) is 5.83. The van der Waals surface area contributed by atoms with Gasteiger partial charge in [0.25, 0.3) is 5.91 Å². The molecule has 3 amide bonds. The highest BCUT2D eigenvalue weighted by Crippen LogP contribution is 2.56. The second-order valence-corrected chi connectivity index (χ2v) is 11.8. The Morgan fingerprint density at radius 3 is 2.06 bits per heavy atom. The van der Waals surface area contributed by atoms with Gasteiger partial charge in [0, 0.05) is 18.7 Å². The van der Waals surface area contributed by atoms with E-state index >= 15 is 0 Å². The number of carbonyl (C=O) groups excluding carboxylic acids is 2. The van der Waals surface area contributed by atoms with E-state index in [1.807, 2.05) is 12.3 Å². The second-order valence-electron chi connectivity index (χ2n) is 11.8. The third-order valence-corrected chi connectivity index (χ3v) is 8.53. The Labute approximate surface area is 202 Å². The van der Waals surface area contributed by atoms with Gasteiger partial charge < -0.3 is 0 Å². The quantitative estimate of drug-likeness (QED) is 0.435. The van der Waals surface area contributed by atoms with Crippen LogP contribution in [0.15, 0.2) is 42.7 Å². The van der Waals surface area contributed by atoms with E-state index in [2.05, 4.69) is 59.4 Å². The SMILES string of the molecule is C=C1C(=O)N(Cc2ccc(C3(c4cc5c(cc4C)C(C)(C)CCC5(C)C)CC3)nc2)C(=O)N1C. The number of carbonyl (C=O) groups is 2. The maximum Gasteiger partial charge on any atom is 0.331 e. The summed E-state index contributed by atoms with van der Waals surface area (Å²) in [6.07, 6.45) is 6.42. The average molecular weight is 458 g/mol. The smallest absolute Gasteiger partial charge is 0.292 e. The molecular weight excluding hydrogens is 422 g/mol. The molecule has 0 spiro atoms. The first kappa shape index (κ1) is 22.8. The van der Waals surface area contributed by atoms with Gasteiger partial charge in [-0.25, -0.2) is 4.79 Å². The number of imide groups is 1. The van der Waals surface area contributed by atoms with Crippen molar-refractivity contribution in [1.29, 1.82) is 0 Å². The van der Waals surface area contributed by atoms with Crippen LogP contribution >= 0.6 is 0 Å². The number of likely N-dealkylation sites (N-methyl/N-ethyl adjacent to an activating group) is 1. The van der Waals surface area contributed by atoms with Crippen LogP contribution in [0.3, 0.4) is 0 Å². The number of aryl methyl sites for hydroxylation is 1. The predicted octanol–water partition coefficient (Wildman–Crippen LogP) is 5.73. The minimum Gasteiger partial charge on any atom is -0.292 e. The summed E-state index contributed by atoms with van der Waals surface area (Å²) >= 11 is 0. The standard InChI is InChI=1S/C29H35N3O2/c1-18-14-22-23(28(5,6)11-10-27(22,3)4)15-21(18)29(12-13-29)24-9-8-20(16-30-24)17-32-25(33)19(2)31(7)26(32)34/h8-9,14-16H,2,10-13,17H2,1,3-7H3. The third-order valence-electron chi connectivity index (χ3n) is 8.53. The molecule has 5 heteroatoms. The molecule has 1 aliphatic heterocycles. The van der Waals surface area contributed by atoms with Crippen LogP contribution in [0.5, 0.6) is 0 Å². The number of hydrogen-bond acceptors (Lipinski definition) is 3. The van der Waals surface area contributed by atoms with E-state index in [9.17, 15) is 9.59 Å². The Bertz CT molecular complexity index is 1220. The van der Waals surface area contributed by atoms with E-state index in [1.165, 1.54) is 44.9 Å². The molecule has 5 rings (SSSR count). The van der Waals surface area contributed by atoms with E-state index in [-0.39, 0.29) is 40.4 Å². The third kappa shape index (κ3) is 3.31. The highest BCUT2D eigenvalue weighted by Gasteiger charge is 2.49. The van der Waals surface area contributed by atoms with Crippen molar-refractivity contribution >= 4 is 11.9 Å². The zero-order valence-electron chi connectivity index (χ0n) is 21.3. The highest BCUT2D eigenvalue weighted by atomic mass is 16.2. The summed E-state index contributed by atoms with van der Waals surface area (Å²) in [5.41, 5.74) is 8.20. The molecule has 5 nitrogen and oxygen atoms in total. The average Bonchev–Trinajstić information content (AvgIpc) is 3.57. The van der Waals surface area contributed by atoms with Crippen LogP contribution in [0.25, 0.3) is 0 Å². The number of amides is 3. The molecule has 2 heterocycles. The molecule has 3 aliphatic rings. The van der Waals surface area contributed by atoms with Gasteiger partial charge in [-0.2, -0.15) is 0 Å². The van der Waals surface area contributed by atoms with Crippen LogP contribution < -0.4 is 0 Å². The molecule has 1 saturated heterocycles. The van der Waals surface area contributed by atoms with Gasteiger partial charge in [0.05, 0.1) is 12.2 Å². The van der Waals surface area contributed by atoms with Crippen molar-refractivity contribution in [3.63, 3.8) is 0 Å². The molecule has 0 radical (unpaired) electrons. The van der Waals surface area contributed by atoms with Gasteiger partial charge >= 0.3 is 6.03 Å². The molecule has 0 unspecified atom stereocenters. The lowest BCUT2D eigenvalue weighted by Gasteiger charge is -2.43.